The Hall–Kier alpha value is -2.15. The maximum Gasteiger partial charge on any atom is 0.193 e. The molecule has 0 saturated heterocycles. The normalized spacial score (nSPS) is 12.8. The van der Waals surface area contributed by atoms with Gasteiger partial charge in [0.1, 0.15) is 0 Å². The van der Waals surface area contributed by atoms with E-state index in [1.54, 1.807) is 0 Å². The first-order chi connectivity index (χ1) is 9.15. The fourth-order valence-electron chi connectivity index (χ4n) is 2.72. The summed E-state index contributed by atoms with van der Waals surface area (Å²) in [6.07, 6.45) is 1.73. The average Bonchev–Trinajstić information content (AvgIpc) is 2.38. The van der Waals surface area contributed by atoms with Gasteiger partial charge in [-0.25, -0.2) is 0 Å². The SMILES string of the molecule is C=C(C)Cc1ccc2c(c1)Cc1ccccc1C2=O. The summed E-state index contributed by atoms with van der Waals surface area (Å²) in [5, 5.41) is 0. The number of hydrogen-bond donors (Lipinski definition) is 0. The third-order valence-electron chi connectivity index (χ3n) is 3.56. The summed E-state index contributed by atoms with van der Waals surface area (Å²) >= 11 is 0. The lowest BCUT2D eigenvalue weighted by molar-refractivity contribution is 0.103. The van der Waals surface area contributed by atoms with Gasteiger partial charge in [0.05, 0.1) is 0 Å². The van der Waals surface area contributed by atoms with Crippen LogP contribution in [0, 0.1) is 0 Å². The summed E-state index contributed by atoms with van der Waals surface area (Å²) < 4.78 is 0. The first kappa shape index (κ1) is 11.9. The largest absolute Gasteiger partial charge is 0.289 e. The van der Waals surface area contributed by atoms with Crippen molar-refractivity contribution in [2.75, 3.05) is 0 Å². The summed E-state index contributed by atoms with van der Waals surface area (Å²) in [6, 6.07) is 14.0. The van der Waals surface area contributed by atoms with Crippen molar-refractivity contribution in [2.24, 2.45) is 0 Å². The fourth-order valence-corrected chi connectivity index (χ4v) is 2.72. The molecule has 0 spiro atoms. The van der Waals surface area contributed by atoms with E-state index >= 15 is 0 Å². The van der Waals surface area contributed by atoms with Crippen molar-refractivity contribution in [3.63, 3.8) is 0 Å². The van der Waals surface area contributed by atoms with Gasteiger partial charge in [-0.1, -0.05) is 54.6 Å². The molecule has 1 aliphatic rings. The summed E-state index contributed by atoms with van der Waals surface area (Å²) in [5.41, 5.74) is 6.35. The van der Waals surface area contributed by atoms with Gasteiger partial charge in [0.15, 0.2) is 5.78 Å². The van der Waals surface area contributed by atoms with E-state index in [0.29, 0.717) is 0 Å². The molecule has 0 atom stereocenters. The van der Waals surface area contributed by atoms with Crippen LogP contribution >= 0.6 is 0 Å². The first-order valence-corrected chi connectivity index (χ1v) is 6.54. The number of fused-ring (bicyclic) bond motifs is 2. The quantitative estimate of drug-likeness (QED) is 0.628. The molecule has 0 amide bonds. The van der Waals surface area contributed by atoms with Crippen LogP contribution in [0.2, 0.25) is 0 Å². The Kier molecular flexibility index (Phi) is 2.83. The van der Waals surface area contributed by atoms with Crippen LogP contribution < -0.4 is 0 Å². The van der Waals surface area contributed by atoms with Gasteiger partial charge in [-0.2, -0.15) is 0 Å². The Bertz CT molecular complexity index is 680. The number of ketones is 1. The fraction of sp³-hybridized carbons (Fsp3) is 0.167. The topological polar surface area (TPSA) is 17.1 Å². The maximum absolute atomic E-state index is 12.4. The molecule has 0 unspecified atom stereocenters. The predicted molar refractivity (Wildman–Crippen MR) is 77.6 cm³/mol. The van der Waals surface area contributed by atoms with Crippen LogP contribution in [-0.4, -0.2) is 5.78 Å². The molecule has 0 aromatic heterocycles. The van der Waals surface area contributed by atoms with Crippen LogP contribution in [0.3, 0.4) is 0 Å². The van der Waals surface area contributed by atoms with Crippen molar-refractivity contribution >= 4 is 5.78 Å². The van der Waals surface area contributed by atoms with E-state index < -0.39 is 0 Å². The highest BCUT2D eigenvalue weighted by Gasteiger charge is 2.22. The lowest BCUT2D eigenvalue weighted by Crippen LogP contribution is -2.15. The monoisotopic (exact) mass is 248 g/mol. The van der Waals surface area contributed by atoms with Crippen LogP contribution in [0.1, 0.15) is 39.5 Å². The van der Waals surface area contributed by atoms with Gasteiger partial charge in [0.2, 0.25) is 0 Å². The zero-order chi connectivity index (χ0) is 13.4. The zero-order valence-electron chi connectivity index (χ0n) is 11.1. The van der Waals surface area contributed by atoms with Crippen molar-refractivity contribution in [1.82, 2.24) is 0 Å². The first-order valence-electron chi connectivity index (χ1n) is 6.54. The molecule has 19 heavy (non-hydrogen) atoms. The lowest BCUT2D eigenvalue weighted by atomic mass is 9.84. The van der Waals surface area contributed by atoms with Crippen molar-refractivity contribution < 1.29 is 4.79 Å². The van der Waals surface area contributed by atoms with Gasteiger partial charge in [-0.3, -0.25) is 4.79 Å². The summed E-state index contributed by atoms with van der Waals surface area (Å²) in [7, 11) is 0. The molecule has 2 aromatic carbocycles. The molecule has 2 aromatic rings. The molecule has 0 saturated carbocycles. The summed E-state index contributed by atoms with van der Waals surface area (Å²) in [4.78, 5) is 12.4. The van der Waals surface area contributed by atoms with E-state index in [-0.39, 0.29) is 5.78 Å². The van der Waals surface area contributed by atoms with Gasteiger partial charge in [-0.05, 0) is 36.5 Å². The van der Waals surface area contributed by atoms with Crippen molar-refractivity contribution in [2.45, 2.75) is 19.8 Å². The minimum absolute atomic E-state index is 0.152. The second-order valence-corrected chi connectivity index (χ2v) is 5.29. The summed E-state index contributed by atoms with van der Waals surface area (Å²) in [6.45, 7) is 5.97. The second kappa shape index (κ2) is 4.51. The number of rotatable bonds is 2. The predicted octanol–water partition coefficient (Wildman–Crippen LogP) is 3.94. The van der Waals surface area contributed by atoms with Crippen LogP contribution in [0.15, 0.2) is 54.6 Å². The molecule has 0 heterocycles. The Labute approximate surface area is 113 Å². The molecule has 1 aliphatic carbocycles. The number of carbonyl (C=O) groups excluding carboxylic acids is 1. The highest BCUT2D eigenvalue weighted by Crippen LogP contribution is 2.28. The molecule has 0 fully saturated rings. The minimum atomic E-state index is 0.152. The maximum atomic E-state index is 12.4. The number of benzene rings is 2. The van der Waals surface area contributed by atoms with Crippen LogP contribution in [0.25, 0.3) is 0 Å². The standard InChI is InChI=1S/C18H16O/c1-12(2)9-13-7-8-17-15(10-13)11-14-5-3-4-6-16(14)18(17)19/h3-8,10H,1,9,11H2,2H3. The van der Waals surface area contributed by atoms with Crippen LogP contribution in [0.4, 0.5) is 0 Å². The van der Waals surface area contributed by atoms with Gasteiger partial charge in [-0.15, -0.1) is 0 Å². The average molecular weight is 248 g/mol. The zero-order valence-corrected chi connectivity index (χ0v) is 11.1. The molecule has 0 N–H and O–H groups in total. The second-order valence-electron chi connectivity index (χ2n) is 5.29. The van der Waals surface area contributed by atoms with Crippen LogP contribution in [-0.2, 0) is 12.8 Å². The van der Waals surface area contributed by atoms with Gasteiger partial charge in [0.25, 0.3) is 0 Å². The molecule has 0 radical (unpaired) electrons. The van der Waals surface area contributed by atoms with Crippen molar-refractivity contribution in [3.05, 3.63) is 82.4 Å². The van der Waals surface area contributed by atoms with E-state index in [4.69, 9.17) is 0 Å². The smallest absolute Gasteiger partial charge is 0.193 e. The van der Waals surface area contributed by atoms with E-state index in [2.05, 4.69) is 12.6 Å². The molecule has 0 aliphatic heterocycles. The minimum Gasteiger partial charge on any atom is -0.289 e. The Morgan fingerprint density at radius 1 is 1.11 bits per heavy atom. The van der Waals surface area contributed by atoms with Crippen molar-refractivity contribution in [3.8, 4) is 0 Å². The van der Waals surface area contributed by atoms with Gasteiger partial charge < -0.3 is 0 Å². The Morgan fingerprint density at radius 2 is 1.84 bits per heavy atom. The molecule has 94 valence electrons. The van der Waals surface area contributed by atoms with Gasteiger partial charge >= 0.3 is 0 Å². The Morgan fingerprint density at radius 3 is 2.63 bits per heavy atom. The summed E-state index contributed by atoms with van der Waals surface area (Å²) in [5.74, 6) is 0.152. The van der Waals surface area contributed by atoms with Crippen LogP contribution in [0.5, 0.6) is 0 Å². The third kappa shape index (κ3) is 2.12. The highest BCUT2D eigenvalue weighted by atomic mass is 16.1. The van der Waals surface area contributed by atoms with E-state index in [1.807, 2.05) is 43.3 Å². The number of allylic oxidation sites excluding steroid dienone is 1. The molecular weight excluding hydrogens is 232 g/mol. The van der Waals surface area contributed by atoms with E-state index in [1.165, 1.54) is 5.56 Å². The lowest BCUT2D eigenvalue weighted by Gasteiger charge is -2.19. The third-order valence-corrected chi connectivity index (χ3v) is 3.56. The molecule has 1 nitrogen and oxygen atoms in total. The van der Waals surface area contributed by atoms with E-state index in [9.17, 15) is 4.79 Å². The molecule has 1 heteroatoms. The highest BCUT2D eigenvalue weighted by molar-refractivity contribution is 6.12. The number of carbonyl (C=O) groups is 1. The molecule has 3 rings (SSSR count). The molecular formula is C18H16O. The van der Waals surface area contributed by atoms with Gasteiger partial charge in [0, 0.05) is 11.1 Å². The number of hydrogen-bond acceptors (Lipinski definition) is 1. The molecule has 0 bridgehead atoms. The Balaban J connectivity index is 2.05. The van der Waals surface area contributed by atoms with Crippen molar-refractivity contribution in [1.29, 1.82) is 0 Å². The van der Waals surface area contributed by atoms with E-state index in [0.717, 1.165) is 40.7 Å².